The number of amides is 1. The quantitative estimate of drug-likeness (QED) is 0.771. The Balaban J connectivity index is 1.95. The van der Waals surface area contributed by atoms with Crippen LogP contribution in [0.4, 0.5) is 0 Å². The van der Waals surface area contributed by atoms with Gasteiger partial charge in [-0.3, -0.25) is 14.5 Å². The van der Waals surface area contributed by atoms with Crippen molar-refractivity contribution in [3.63, 3.8) is 0 Å². The number of nitrogens with zero attached hydrogens (tertiary/aromatic N) is 1. The molecular formula is C14H24N2O3. The van der Waals surface area contributed by atoms with E-state index in [0.29, 0.717) is 25.0 Å². The summed E-state index contributed by atoms with van der Waals surface area (Å²) >= 11 is 0. The third-order valence-corrected chi connectivity index (χ3v) is 4.24. The highest BCUT2D eigenvalue weighted by molar-refractivity contribution is 5.77. The lowest BCUT2D eigenvalue weighted by Crippen LogP contribution is -2.57. The number of ether oxygens (including phenoxy) is 1. The van der Waals surface area contributed by atoms with Crippen LogP contribution in [0.2, 0.25) is 0 Å². The largest absolute Gasteiger partial charge is 0.465 e. The van der Waals surface area contributed by atoms with E-state index in [4.69, 9.17) is 4.74 Å². The summed E-state index contributed by atoms with van der Waals surface area (Å²) in [6.07, 6.45) is 3.27. The molecule has 0 bridgehead atoms. The van der Waals surface area contributed by atoms with Gasteiger partial charge in [0.05, 0.1) is 6.61 Å². The van der Waals surface area contributed by atoms with Crippen molar-refractivity contribution in [2.24, 2.45) is 5.92 Å². The number of rotatable bonds is 4. The van der Waals surface area contributed by atoms with Gasteiger partial charge in [0.25, 0.3) is 0 Å². The fourth-order valence-corrected chi connectivity index (χ4v) is 3.23. The minimum atomic E-state index is -0.126. The zero-order valence-corrected chi connectivity index (χ0v) is 11.9. The zero-order valence-electron chi connectivity index (χ0n) is 11.9. The molecule has 0 aromatic rings. The van der Waals surface area contributed by atoms with Crippen LogP contribution in [-0.4, -0.2) is 48.6 Å². The smallest absolute Gasteiger partial charge is 0.323 e. The van der Waals surface area contributed by atoms with Crippen LogP contribution in [-0.2, 0) is 14.3 Å². The van der Waals surface area contributed by atoms with Crippen molar-refractivity contribution in [3.05, 3.63) is 0 Å². The highest BCUT2D eigenvalue weighted by atomic mass is 16.5. The number of hydrogen-bond donors (Lipinski definition) is 1. The molecule has 0 aliphatic carbocycles. The molecule has 2 heterocycles. The van der Waals surface area contributed by atoms with E-state index < -0.39 is 0 Å². The molecule has 5 heteroatoms. The predicted octanol–water partition coefficient (Wildman–Crippen LogP) is 0.929. The maximum atomic E-state index is 12.0. The molecule has 1 N–H and O–H groups in total. The number of likely N-dealkylation sites (tertiary alicyclic amines) is 1. The van der Waals surface area contributed by atoms with Crippen molar-refractivity contribution in [1.29, 1.82) is 0 Å². The van der Waals surface area contributed by atoms with Gasteiger partial charge in [-0.2, -0.15) is 0 Å². The first kappa shape index (κ1) is 14.3. The summed E-state index contributed by atoms with van der Waals surface area (Å²) in [5.74, 6) is 0.547. The van der Waals surface area contributed by atoms with E-state index in [1.165, 1.54) is 0 Å². The lowest BCUT2D eigenvalue weighted by atomic mass is 9.84. The Labute approximate surface area is 114 Å². The van der Waals surface area contributed by atoms with Crippen molar-refractivity contribution in [2.75, 3.05) is 19.7 Å². The van der Waals surface area contributed by atoms with Crippen molar-refractivity contribution < 1.29 is 14.3 Å². The van der Waals surface area contributed by atoms with Gasteiger partial charge < -0.3 is 10.1 Å². The van der Waals surface area contributed by atoms with Crippen LogP contribution < -0.4 is 5.32 Å². The molecule has 0 radical (unpaired) electrons. The van der Waals surface area contributed by atoms with Crippen molar-refractivity contribution in [2.45, 2.75) is 51.6 Å². The molecule has 0 aromatic heterocycles. The second-order valence-corrected chi connectivity index (χ2v) is 5.43. The van der Waals surface area contributed by atoms with Gasteiger partial charge in [-0.25, -0.2) is 0 Å². The number of esters is 1. The number of fused-ring (bicyclic) bond motifs is 1. The van der Waals surface area contributed by atoms with Crippen LogP contribution in [0.15, 0.2) is 0 Å². The Kier molecular flexibility index (Phi) is 4.80. The summed E-state index contributed by atoms with van der Waals surface area (Å²) < 4.78 is 5.15. The molecule has 2 aliphatic rings. The Morgan fingerprint density at radius 3 is 2.95 bits per heavy atom. The number of carbonyl (C=O) groups excluding carboxylic acids is 2. The van der Waals surface area contributed by atoms with E-state index in [1.54, 1.807) is 0 Å². The number of piperidine rings is 2. The highest BCUT2D eigenvalue weighted by Crippen LogP contribution is 2.27. The molecule has 2 aliphatic heterocycles. The summed E-state index contributed by atoms with van der Waals surface area (Å²) in [6, 6.07) is 0.177. The molecule has 1 amide bonds. The Hall–Kier alpha value is -1.10. The van der Waals surface area contributed by atoms with Gasteiger partial charge in [-0.15, -0.1) is 0 Å². The van der Waals surface area contributed by atoms with Gasteiger partial charge in [0, 0.05) is 25.6 Å². The van der Waals surface area contributed by atoms with E-state index in [2.05, 4.69) is 10.2 Å². The maximum Gasteiger partial charge on any atom is 0.323 e. The summed E-state index contributed by atoms with van der Waals surface area (Å²) in [5.41, 5.74) is 0. The Morgan fingerprint density at radius 1 is 1.47 bits per heavy atom. The summed E-state index contributed by atoms with van der Waals surface area (Å²) in [4.78, 5) is 25.6. The molecule has 0 saturated carbocycles. The fraction of sp³-hybridized carbons (Fsp3) is 0.857. The normalized spacial score (nSPS) is 29.3. The second kappa shape index (κ2) is 6.37. The molecular weight excluding hydrogens is 244 g/mol. The van der Waals surface area contributed by atoms with Crippen molar-refractivity contribution in [3.8, 4) is 0 Å². The lowest BCUT2D eigenvalue weighted by molar-refractivity contribution is -0.151. The first-order valence-corrected chi connectivity index (χ1v) is 7.35. The van der Waals surface area contributed by atoms with E-state index in [9.17, 15) is 9.59 Å². The molecule has 0 aromatic carbocycles. The SMILES string of the molecule is CCOC(=O)C(CC)N1CCC2NC(=O)CCC2C1. The van der Waals surface area contributed by atoms with Gasteiger partial charge in [-0.1, -0.05) is 6.92 Å². The van der Waals surface area contributed by atoms with Crippen molar-refractivity contribution in [1.82, 2.24) is 10.2 Å². The van der Waals surface area contributed by atoms with E-state index in [-0.39, 0.29) is 17.9 Å². The predicted molar refractivity (Wildman–Crippen MR) is 71.6 cm³/mol. The van der Waals surface area contributed by atoms with Gasteiger partial charge >= 0.3 is 5.97 Å². The summed E-state index contributed by atoms with van der Waals surface area (Å²) in [5, 5.41) is 3.07. The topological polar surface area (TPSA) is 58.6 Å². The third-order valence-electron chi connectivity index (χ3n) is 4.24. The van der Waals surface area contributed by atoms with E-state index in [0.717, 1.165) is 32.4 Å². The molecule has 3 unspecified atom stereocenters. The average molecular weight is 268 g/mol. The van der Waals surface area contributed by atoms with Crippen LogP contribution in [0.1, 0.15) is 39.5 Å². The molecule has 3 atom stereocenters. The van der Waals surface area contributed by atoms with E-state index in [1.807, 2.05) is 13.8 Å². The van der Waals surface area contributed by atoms with Crippen LogP contribution in [0.5, 0.6) is 0 Å². The number of hydrogen-bond acceptors (Lipinski definition) is 4. The van der Waals surface area contributed by atoms with Crippen LogP contribution >= 0.6 is 0 Å². The molecule has 19 heavy (non-hydrogen) atoms. The van der Waals surface area contributed by atoms with Gasteiger partial charge in [0.2, 0.25) is 5.91 Å². The van der Waals surface area contributed by atoms with Crippen LogP contribution in [0, 0.1) is 5.92 Å². The molecule has 108 valence electrons. The minimum absolute atomic E-state index is 0.108. The third kappa shape index (κ3) is 3.26. The first-order chi connectivity index (χ1) is 9.15. The van der Waals surface area contributed by atoms with Crippen LogP contribution in [0.3, 0.4) is 0 Å². The highest BCUT2D eigenvalue weighted by Gasteiger charge is 2.37. The van der Waals surface area contributed by atoms with Gasteiger partial charge in [0.15, 0.2) is 0 Å². The van der Waals surface area contributed by atoms with E-state index >= 15 is 0 Å². The average Bonchev–Trinajstić information content (AvgIpc) is 2.40. The molecule has 2 fully saturated rings. The summed E-state index contributed by atoms with van der Waals surface area (Å²) in [7, 11) is 0. The Morgan fingerprint density at radius 2 is 2.26 bits per heavy atom. The fourth-order valence-electron chi connectivity index (χ4n) is 3.23. The number of nitrogens with one attached hydrogen (secondary N) is 1. The standard InChI is InChI=1S/C14H24N2O3/c1-3-12(14(18)19-4-2)16-8-7-11-10(9-16)5-6-13(17)15-11/h10-12H,3-9H2,1-2H3,(H,15,17). The van der Waals surface area contributed by atoms with Crippen molar-refractivity contribution >= 4 is 11.9 Å². The molecule has 0 spiro atoms. The Bertz CT molecular complexity index is 346. The minimum Gasteiger partial charge on any atom is -0.465 e. The molecule has 2 rings (SSSR count). The zero-order chi connectivity index (χ0) is 13.8. The van der Waals surface area contributed by atoms with Crippen LogP contribution in [0.25, 0.3) is 0 Å². The lowest BCUT2D eigenvalue weighted by Gasteiger charge is -2.43. The second-order valence-electron chi connectivity index (χ2n) is 5.43. The maximum absolute atomic E-state index is 12.0. The first-order valence-electron chi connectivity index (χ1n) is 7.35. The number of carbonyl (C=O) groups is 2. The summed E-state index contributed by atoms with van der Waals surface area (Å²) in [6.45, 7) is 6.05. The van der Waals surface area contributed by atoms with Gasteiger partial charge in [-0.05, 0) is 32.1 Å². The van der Waals surface area contributed by atoms with Gasteiger partial charge in [0.1, 0.15) is 6.04 Å². The monoisotopic (exact) mass is 268 g/mol. The molecule has 5 nitrogen and oxygen atoms in total. The molecule has 2 saturated heterocycles.